The van der Waals surface area contributed by atoms with Gasteiger partial charge in [-0.1, -0.05) is 41.4 Å². The second-order valence-corrected chi connectivity index (χ2v) is 13.9. The van der Waals surface area contributed by atoms with E-state index in [-0.39, 0.29) is 11.7 Å². The van der Waals surface area contributed by atoms with Gasteiger partial charge in [-0.05, 0) is 50.1 Å². The van der Waals surface area contributed by atoms with Crippen LogP contribution in [0, 0.1) is 0 Å². The third-order valence-corrected chi connectivity index (χ3v) is 10.5. The Hall–Kier alpha value is -2.63. The lowest BCUT2D eigenvalue weighted by Crippen LogP contribution is -2.38. The van der Waals surface area contributed by atoms with E-state index in [1.807, 2.05) is 41.9 Å². The van der Waals surface area contributed by atoms with Crippen molar-refractivity contribution < 1.29 is 8.42 Å². The first-order valence-corrected chi connectivity index (χ1v) is 16.6. The number of sulfonamides is 1. The summed E-state index contributed by atoms with van der Waals surface area (Å²) in [7, 11) is -1.48. The monoisotopic (exact) mass is 616 g/mol. The molecule has 1 saturated heterocycles. The van der Waals surface area contributed by atoms with Gasteiger partial charge >= 0.3 is 5.69 Å². The first-order valence-electron chi connectivity index (χ1n) is 14.0. The van der Waals surface area contributed by atoms with Crippen molar-refractivity contribution in [2.75, 3.05) is 32.4 Å². The number of fused-ring (bicyclic) bond motifs is 2. The number of rotatable bonds is 7. The van der Waals surface area contributed by atoms with E-state index < -0.39 is 10.0 Å². The molecule has 4 aromatic rings. The molecule has 12 heteroatoms. The number of para-hydroxylation sites is 2. The molecule has 2 aliphatic heterocycles. The van der Waals surface area contributed by atoms with Crippen LogP contribution < -0.4 is 5.69 Å². The van der Waals surface area contributed by atoms with Gasteiger partial charge < -0.3 is 4.90 Å². The third-order valence-electron chi connectivity index (χ3n) is 8.52. The van der Waals surface area contributed by atoms with Gasteiger partial charge in [0, 0.05) is 69.1 Å². The zero-order valence-electron chi connectivity index (χ0n) is 23.3. The Balaban J connectivity index is 1.14. The number of benzene rings is 2. The number of halogens is 2. The van der Waals surface area contributed by atoms with Gasteiger partial charge in [0.2, 0.25) is 10.0 Å². The van der Waals surface area contributed by atoms with E-state index >= 15 is 0 Å². The minimum absolute atomic E-state index is 0.0559. The van der Waals surface area contributed by atoms with Crippen molar-refractivity contribution in [1.82, 2.24) is 28.1 Å². The minimum atomic E-state index is -3.32. The van der Waals surface area contributed by atoms with E-state index in [1.165, 1.54) is 10.6 Å². The zero-order chi connectivity index (χ0) is 28.9. The van der Waals surface area contributed by atoms with E-state index in [0.29, 0.717) is 29.6 Å². The number of aromatic nitrogens is 4. The second kappa shape index (κ2) is 11.2. The molecular weight excluding hydrogens is 583 g/mol. The molecule has 0 spiro atoms. The van der Waals surface area contributed by atoms with Gasteiger partial charge in [-0.2, -0.15) is 9.40 Å². The summed E-state index contributed by atoms with van der Waals surface area (Å²) >= 11 is 12.5. The fourth-order valence-electron chi connectivity index (χ4n) is 6.33. The summed E-state index contributed by atoms with van der Waals surface area (Å²) in [6, 6.07) is 13.6. The van der Waals surface area contributed by atoms with Crippen LogP contribution in [0.5, 0.6) is 0 Å². The minimum Gasteiger partial charge on any atom is -0.303 e. The summed E-state index contributed by atoms with van der Waals surface area (Å²) in [4.78, 5) is 15.4. The van der Waals surface area contributed by atoms with Crippen molar-refractivity contribution >= 4 is 44.3 Å². The molecule has 0 amide bonds. The maximum Gasteiger partial charge on any atom is 0.329 e. The third kappa shape index (κ3) is 5.48. The molecule has 2 aromatic carbocycles. The average molecular weight is 618 g/mol. The van der Waals surface area contributed by atoms with Gasteiger partial charge in [-0.25, -0.2) is 13.2 Å². The molecule has 0 radical (unpaired) electrons. The van der Waals surface area contributed by atoms with E-state index in [0.717, 1.165) is 79.0 Å². The summed E-state index contributed by atoms with van der Waals surface area (Å²) in [5.74, 6) is 0. The van der Waals surface area contributed by atoms with Crippen LogP contribution in [-0.2, 0) is 36.6 Å². The van der Waals surface area contributed by atoms with Crippen molar-refractivity contribution in [3.05, 3.63) is 74.3 Å². The van der Waals surface area contributed by atoms with E-state index in [2.05, 4.69) is 9.58 Å². The number of hydrogen-bond donors (Lipinski definition) is 0. The number of likely N-dealkylation sites (tertiary alicyclic amines) is 1. The van der Waals surface area contributed by atoms with Crippen LogP contribution in [0.2, 0.25) is 10.0 Å². The SMILES string of the molecule is Cn1c(=O)n(C2CCN(CCCn3nc(-c4ccc(Cl)c(Cl)c4)c4c3CCN(S(C)(=O)=O)C4)CC2)c2ccccc21. The maximum absolute atomic E-state index is 13.0. The van der Waals surface area contributed by atoms with Crippen molar-refractivity contribution in [1.29, 1.82) is 0 Å². The lowest BCUT2D eigenvalue weighted by Gasteiger charge is -2.32. The number of aryl methyl sites for hydroxylation is 2. The molecule has 0 saturated carbocycles. The molecule has 4 heterocycles. The average Bonchev–Trinajstić information content (AvgIpc) is 3.44. The van der Waals surface area contributed by atoms with Crippen LogP contribution in [-0.4, -0.2) is 69.0 Å². The highest BCUT2D eigenvalue weighted by Gasteiger charge is 2.30. The Kier molecular flexibility index (Phi) is 7.80. The molecule has 0 unspecified atom stereocenters. The van der Waals surface area contributed by atoms with Crippen LogP contribution >= 0.6 is 23.2 Å². The quantitative estimate of drug-likeness (QED) is 0.304. The zero-order valence-corrected chi connectivity index (χ0v) is 25.6. The second-order valence-electron chi connectivity index (χ2n) is 11.1. The van der Waals surface area contributed by atoms with E-state index in [1.54, 1.807) is 16.7 Å². The summed E-state index contributed by atoms with van der Waals surface area (Å²) in [6.45, 7) is 4.30. The van der Waals surface area contributed by atoms with Crippen molar-refractivity contribution in [3.63, 3.8) is 0 Å². The smallest absolute Gasteiger partial charge is 0.303 e. The normalized spacial score (nSPS) is 17.4. The van der Waals surface area contributed by atoms with Crippen molar-refractivity contribution in [2.24, 2.45) is 7.05 Å². The van der Waals surface area contributed by atoms with E-state index in [9.17, 15) is 13.2 Å². The van der Waals surface area contributed by atoms with Gasteiger partial charge in [0.1, 0.15) is 0 Å². The van der Waals surface area contributed by atoms with Crippen LogP contribution in [0.4, 0.5) is 0 Å². The Bertz CT molecular complexity index is 1770. The van der Waals surface area contributed by atoms with Gasteiger partial charge in [-0.15, -0.1) is 0 Å². The van der Waals surface area contributed by atoms with Crippen LogP contribution in [0.15, 0.2) is 47.3 Å². The molecule has 9 nitrogen and oxygen atoms in total. The highest BCUT2D eigenvalue weighted by atomic mass is 35.5. The molecule has 0 atom stereocenters. The van der Waals surface area contributed by atoms with Gasteiger partial charge in [0.15, 0.2) is 0 Å². The predicted octanol–water partition coefficient (Wildman–Crippen LogP) is 4.56. The number of nitrogens with zero attached hydrogens (tertiary/aromatic N) is 6. The lowest BCUT2D eigenvalue weighted by molar-refractivity contribution is 0.181. The molecule has 6 rings (SSSR count). The Morgan fingerprint density at radius 3 is 2.41 bits per heavy atom. The number of piperidine rings is 1. The van der Waals surface area contributed by atoms with Crippen molar-refractivity contribution in [3.8, 4) is 11.3 Å². The van der Waals surface area contributed by atoms with Crippen molar-refractivity contribution in [2.45, 2.75) is 44.8 Å². The Morgan fingerprint density at radius 2 is 1.71 bits per heavy atom. The molecule has 0 bridgehead atoms. The fourth-order valence-corrected chi connectivity index (χ4v) is 7.41. The topological polar surface area (TPSA) is 85.4 Å². The molecule has 2 aliphatic rings. The predicted molar refractivity (Wildman–Crippen MR) is 163 cm³/mol. The maximum atomic E-state index is 13.0. The standard InChI is InChI=1S/C29H34Cl2N6O3S/c1-33-26-6-3-4-7-27(26)37(29(33)38)21-10-15-34(16-11-21)13-5-14-36-25-12-17-35(41(2,39)40)19-22(25)28(32-36)20-8-9-23(30)24(31)18-20/h3-4,6-9,18,21H,5,10-17,19H2,1-2H3. The van der Waals surface area contributed by atoms with Gasteiger partial charge in [0.05, 0.1) is 33.0 Å². The molecule has 0 aliphatic carbocycles. The molecule has 218 valence electrons. The summed E-state index contributed by atoms with van der Waals surface area (Å²) < 4.78 is 31.9. The van der Waals surface area contributed by atoms with E-state index in [4.69, 9.17) is 28.3 Å². The van der Waals surface area contributed by atoms with Crippen LogP contribution in [0.3, 0.4) is 0 Å². The molecular formula is C29H34Cl2N6O3S. The largest absolute Gasteiger partial charge is 0.329 e. The molecule has 41 heavy (non-hydrogen) atoms. The molecule has 1 fully saturated rings. The van der Waals surface area contributed by atoms with Gasteiger partial charge in [-0.3, -0.25) is 13.8 Å². The summed E-state index contributed by atoms with van der Waals surface area (Å²) in [6.07, 6.45) is 4.66. The van der Waals surface area contributed by atoms with Gasteiger partial charge in [0.25, 0.3) is 0 Å². The lowest BCUT2D eigenvalue weighted by atomic mass is 10.0. The Morgan fingerprint density at radius 1 is 0.976 bits per heavy atom. The highest BCUT2D eigenvalue weighted by molar-refractivity contribution is 7.88. The van der Waals surface area contributed by atoms with Crippen LogP contribution in [0.25, 0.3) is 22.3 Å². The Labute approximate surface area is 249 Å². The summed E-state index contributed by atoms with van der Waals surface area (Å²) in [5.41, 5.74) is 5.64. The first kappa shape index (κ1) is 28.5. The highest BCUT2D eigenvalue weighted by Crippen LogP contribution is 2.34. The fraction of sp³-hybridized carbons (Fsp3) is 0.448. The van der Waals surface area contributed by atoms with Crippen LogP contribution in [0.1, 0.15) is 36.6 Å². The number of hydrogen-bond acceptors (Lipinski definition) is 5. The first-order chi connectivity index (χ1) is 19.6. The molecule has 0 N–H and O–H groups in total. The number of imidazole rings is 1. The summed E-state index contributed by atoms with van der Waals surface area (Å²) in [5, 5.41) is 5.87. The molecule has 2 aromatic heterocycles.